The Morgan fingerprint density at radius 3 is 2.35 bits per heavy atom. The van der Waals surface area contributed by atoms with Crippen molar-refractivity contribution in [2.75, 3.05) is 6.61 Å². The quantitative estimate of drug-likeness (QED) is 0.839. The number of hydrogen-bond donors (Lipinski definition) is 1. The Hall–Kier alpha value is -2.84. The van der Waals surface area contributed by atoms with Gasteiger partial charge in [0.2, 0.25) is 0 Å². The summed E-state index contributed by atoms with van der Waals surface area (Å²) in [6.07, 6.45) is -0.504. The maximum absolute atomic E-state index is 12.2. The smallest absolute Gasteiger partial charge is 0.408 e. The molecule has 5 heteroatoms. The summed E-state index contributed by atoms with van der Waals surface area (Å²) in [6, 6.07) is 18.6. The summed E-state index contributed by atoms with van der Waals surface area (Å²) in [5.41, 5.74) is 1.89. The average Bonchev–Trinajstić information content (AvgIpc) is 2.60. The van der Waals surface area contributed by atoms with Gasteiger partial charge in [0, 0.05) is 0 Å². The van der Waals surface area contributed by atoms with Crippen LogP contribution < -0.4 is 5.32 Å². The zero-order chi connectivity index (χ0) is 19.0. The largest absolute Gasteiger partial charge is 0.444 e. The van der Waals surface area contributed by atoms with E-state index in [1.54, 1.807) is 12.1 Å². The Morgan fingerprint density at radius 2 is 1.77 bits per heavy atom. The molecule has 1 N–H and O–H groups in total. The number of alkyl carbamates (subject to hydrolysis) is 1. The van der Waals surface area contributed by atoms with Crippen LogP contribution in [0.25, 0.3) is 0 Å². The number of rotatable bonds is 6. The molecule has 2 aromatic rings. The Bertz CT molecular complexity index is 744. The van der Waals surface area contributed by atoms with Crippen molar-refractivity contribution in [3.8, 4) is 6.07 Å². The molecule has 2 aromatic carbocycles. The fourth-order valence-corrected chi connectivity index (χ4v) is 2.33. The van der Waals surface area contributed by atoms with Crippen LogP contribution in [0, 0.1) is 11.3 Å². The molecule has 2 rings (SSSR count). The minimum absolute atomic E-state index is 0.292. The molecule has 1 amide bonds. The molecule has 26 heavy (non-hydrogen) atoms. The first-order valence-corrected chi connectivity index (χ1v) is 8.48. The van der Waals surface area contributed by atoms with Gasteiger partial charge in [-0.25, -0.2) is 4.79 Å². The van der Waals surface area contributed by atoms with Gasteiger partial charge in [0.05, 0.1) is 30.9 Å². The first kappa shape index (κ1) is 19.5. The monoisotopic (exact) mass is 352 g/mol. The highest BCUT2D eigenvalue weighted by atomic mass is 16.6. The number of amides is 1. The molecule has 0 fully saturated rings. The lowest BCUT2D eigenvalue weighted by molar-refractivity contribution is 0.0427. The third kappa shape index (κ3) is 6.58. The average molecular weight is 352 g/mol. The van der Waals surface area contributed by atoms with Crippen molar-refractivity contribution < 1.29 is 14.3 Å². The van der Waals surface area contributed by atoms with Crippen molar-refractivity contribution in [3.63, 3.8) is 0 Å². The Labute approximate surface area is 154 Å². The molecule has 1 atom stereocenters. The van der Waals surface area contributed by atoms with Gasteiger partial charge in [0.1, 0.15) is 5.60 Å². The van der Waals surface area contributed by atoms with Crippen LogP contribution in [0.15, 0.2) is 54.6 Å². The summed E-state index contributed by atoms with van der Waals surface area (Å²) in [5.74, 6) is 0. The molecule has 0 spiro atoms. The third-order valence-electron chi connectivity index (χ3n) is 3.53. The second kappa shape index (κ2) is 9.02. The van der Waals surface area contributed by atoms with Gasteiger partial charge < -0.3 is 14.8 Å². The molecular formula is C21H24N2O3. The van der Waals surface area contributed by atoms with Gasteiger partial charge in [0.25, 0.3) is 0 Å². The van der Waals surface area contributed by atoms with E-state index in [9.17, 15) is 4.79 Å². The van der Waals surface area contributed by atoms with Gasteiger partial charge in [0.15, 0.2) is 0 Å². The summed E-state index contributed by atoms with van der Waals surface area (Å²) < 4.78 is 11.1. The van der Waals surface area contributed by atoms with Crippen molar-refractivity contribution in [2.24, 2.45) is 0 Å². The molecule has 0 saturated heterocycles. The van der Waals surface area contributed by atoms with E-state index in [1.165, 1.54) is 0 Å². The number of ether oxygens (including phenoxy) is 2. The van der Waals surface area contributed by atoms with E-state index in [0.717, 1.165) is 11.1 Å². The minimum atomic E-state index is -0.579. The van der Waals surface area contributed by atoms with Gasteiger partial charge in [-0.2, -0.15) is 5.26 Å². The second-order valence-corrected chi connectivity index (χ2v) is 6.93. The molecule has 0 aromatic heterocycles. The normalized spacial score (nSPS) is 12.1. The molecule has 5 nitrogen and oxygen atoms in total. The van der Waals surface area contributed by atoms with E-state index in [-0.39, 0.29) is 6.04 Å². The van der Waals surface area contributed by atoms with Crippen molar-refractivity contribution in [3.05, 3.63) is 71.3 Å². The third-order valence-corrected chi connectivity index (χ3v) is 3.53. The minimum Gasteiger partial charge on any atom is -0.444 e. The molecule has 136 valence electrons. The summed E-state index contributed by atoms with van der Waals surface area (Å²) in [4.78, 5) is 12.2. The van der Waals surface area contributed by atoms with Crippen LogP contribution in [0.3, 0.4) is 0 Å². The molecule has 1 unspecified atom stereocenters. The number of hydrogen-bond acceptors (Lipinski definition) is 4. The van der Waals surface area contributed by atoms with Crippen LogP contribution in [-0.2, 0) is 16.1 Å². The van der Waals surface area contributed by atoms with Gasteiger partial charge in [-0.05, 0) is 44.0 Å². The fraction of sp³-hybridized carbons (Fsp3) is 0.333. The summed E-state index contributed by atoms with van der Waals surface area (Å²) >= 11 is 0. The maximum atomic E-state index is 12.2. The predicted molar refractivity (Wildman–Crippen MR) is 99.4 cm³/mol. The second-order valence-electron chi connectivity index (χ2n) is 6.93. The molecular weight excluding hydrogens is 328 g/mol. The van der Waals surface area contributed by atoms with Crippen LogP contribution in [0.4, 0.5) is 4.79 Å². The van der Waals surface area contributed by atoms with E-state index in [1.807, 2.05) is 63.2 Å². The molecule has 0 aliphatic heterocycles. The van der Waals surface area contributed by atoms with E-state index in [4.69, 9.17) is 14.7 Å². The van der Waals surface area contributed by atoms with Crippen molar-refractivity contribution in [2.45, 2.75) is 39.0 Å². The lowest BCUT2D eigenvalue weighted by Gasteiger charge is -2.24. The molecule has 0 aliphatic rings. The van der Waals surface area contributed by atoms with Gasteiger partial charge in [-0.1, -0.05) is 42.5 Å². The highest BCUT2D eigenvalue weighted by Crippen LogP contribution is 2.17. The molecule has 0 heterocycles. The van der Waals surface area contributed by atoms with E-state index in [2.05, 4.69) is 11.4 Å². The SMILES string of the molecule is CC(C)(C)OC(=O)NC(COCc1ccccc1)c1ccc(C#N)cc1. The molecule has 0 aliphatic carbocycles. The van der Waals surface area contributed by atoms with Crippen LogP contribution >= 0.6 is 0 Å². The summed E-state index contributed by atoms with van der Waals surface area (Å²) in [6.45, 7) is 6.18. The number of benzene rings is 2. The highest BCUT2D eigenvalue weighted by molar-refractivity contribution is 5.68. The number of nitrogens with zero attached hydrogens (tertiary/aromatic N) is 1. The number of nitriles is 1. The summed E-state index contributed by atoms with van der Waals surface area (Å²) in [7, 11) is 0. The molecule has 0 bridgehead atoms. The van der Waals surface area contributed by atoms with Gasteiger partial charge >= 0.3 is 6.09 Å². The van der Waals surface area contributed by atoms with Crippen molar-refractivity contribution >= 4 is 6.09 Å². The fourth-order valence-electron chi connectivity index (χ4n) is 2.33. The van der Waals surface area contributed by atoms with Crippen LogP contribution in [0.2, 0.25) is 0 Å². The Morgan fingerprint density at radius 1 is 1.12 bits per heavy atom. The molecule has 0 saturated carbocycles. The predicted octanol–water partition coefficient (Wildman–Crippen LogP) is 4.34. The summed E-state index contributed by atoms with van der Waals surface area (Å²) in [5, 5.41) is 11.8. The maximum Gasteiger partial charge on any atom is 0.408 e. The highest BCUT2D eigenvalue weighted by Gasteiger charge is 2.21. The Balaban J connectivity index is 2.04. The van der Waals surface area contributed by atoms with Crippen LogP contribution in [0.1, 0.15) is 43.5 Å². The van der Waals surface area contributed by atoms with Gasteiger partial charge in [-0.15, -0.1) is 0 Å². The zero-order valence-corrected chi connectivity index (χ0v) is 15.4. The Kier molecular flexibility index (Phi) is 6.76. The van der Waals surface area contributed by atoms with E-state index in [0.29, 0.717) is 18.8 Å². The van der Waals surface area contributed by atoms with E-state index < -0.39 is 11.7 Å². The van der Waals surface area contributed by atoms with Gasteiger partial charge in [-0.3, -0.25) is 0 Å². The van der Waals surface area contributed by atoms with Crippen molar-refractivity contribution in [1.82, 2.24) is 5.32 Å². The first-order chi connectivity index (χ1) is 12.4. The number of carbonyl (C=O) groups excluding carboxylic acids is 1. The van der Waals surface area contributed by atoms with Crippen molar-refractivity contribution in [1.29, 1.82) is 5.26 Å². The molecule has 0 radical (unpaired) electrons. The number of carbonyl (C=O) groups is 1. The zero-order valence-electron chi connectivity index (χ0n) is 15.4. The standard InChI is InChI=1S/C21H24N2O3/c1-21(2,3)26-20(24)23-19(18-11-9-16(13-22)10-12-18)15-25-14-17-7-5-4-6-8-17/h4-12,19H,14-15H2,1-3H3,(H,23,24). The first-order valence-electron chi connectivity index (χ1n) is 8.48. The van der Waals surface area contributed by atoms with Crippen LogP contribution in [0.5, 0.6) is 0 Å². The number of nitrogens with one attached hydrogen (secondary N) is 1. The lowest BCUT2D eigenvalue weighted by Crippen LogP contribution is -2.36. The lowest BCUT2D eigenvalue weighted by atomic mass is 10.1. The van der Waals surface area contributed by atoms with E-state index >= 15 is 0 Å². The van der Waals surface area contributed by atoms with Crippen LogP contribution in [-0.4, -0.2) is 18.3 Å². The topological polar surface area (TPSA) is 71.3 Å².